The van der Waals surface area contributed by atoms with Crippen LogP contribution in [0.3, 0.4) is 0 Å². The number of hydrogen-bond donors (Lipinski definition) is 1. The number of hydrogen-bond acceptors (Lipinski definition) is 1. The first-order valence-corrected chi connectivity index (χ1v) is 5.47. The van der Waals surface area contributed by atoms with Crippen LogP contribution in [0, 0.1) is 17.8 Å². The molecule has 2 aliphatic rings. The molecule has 2 saturated carbocycles. The van der Waals surface area contributed by atoms with E-state index in [0.29, 0.717) is 0 Å². The highest BCUT2D eigenvalue weighted by atomic mass is 14.9. The van der Waals surface area contributed by atoms with Gasteiger partial charge in [-0.05, 0) is 30.6 Å². The zero-order valence-corrected chi connectivity index (χ0v) is 8.34. The molecule has 2 fully saturated rings. The van der Waals surface area contributed by atoms with E-state index in [1.165, 1.54) is 32.1 Å². The molecule has 0 bridgehead atoms. The zero-order valence-electron chi connectivity index (χ0n) is 8.34. The fraction of sp³-hybridized carbons (Fsp3) is 1.00. The van der Waals surface area contributed by atoms with Crippen LogP contribution in [-0.2, 0) is 0 Å². The van der Waals surface area contributed by atoms with Crippen LogP contribution in [0.2, 0.25) is 0 Å². The summed E-state index contributed by atoms with van der Waals surface area (Å²) in [5, 5.41) is 0. The van der Waals surface area contributed by atoms with Crippen LogP contribution in [0.15, 0.2) is 0 Å². The maximum atomic E-state index is 6.40. The summed E-state index contributed by atoms with van der Waals surface area (Å²) in [7, 11) is 0. The fourth-order valence-corrected chi connectivity index (χ4v) is 3.29. The summed E-state index contributed by atoms with van der Waals surface area (Å²) in [5.41, 5.74) is 6.67. The Bertz CT molecular complexity index is 178. The molecule has 0 radical (unpaired) electrons. The second-order valence-corrected chi connectivity index (χ2v) is 4.94. The quantitative estimate of drug-likeness (QED) is 0.672. The maximum Gasteiger partial charge on any atom is 0.0217 e. The molecular formula is C11H21N. The third-order valence-corrected chi connectivity index (χ3v) is 4.24. The Kier molecular flexibility index (Phi) is 1.95. The summed E-state index contributed by atoms with van der Waals surface area (Å²) in [6.45, 7) is 4.66. The van der Waals surface area contributed by atoms with Gasteiger partial charge in [-0.25, -0.2) is 0 Å². The Hall–Kier alpha value is -0.0400. The molecule has 0 aromatic heterocycles. The molecule has 12 heavy (non-hydrogen) atoms. The Morgan fingerprint density at radius 2 is 2.17 bits per heavy atom. The van der Waals surface area contributed by atoms with Gasteiger partial charge in [-0.1, -0.05) is 33.1 Å². The molecule has 0 amide bonds. The van der Waals surface area contributed by atoms with E-state index in [4.69, 9.17) is 5.73 Å². The molecule has 1 heteroatoms. The van der Waals surface area contributed by atoms with E-state index >= 15 is 0 Å². The van der Waals surface area contributed by atoms with Gasteiger partial charge in [0.2, 0.25) is 0 Å². The highest BCUT2D eigenvalue weighted by Crippen LogP contribution is 2.55. The molecule has 0 aromatic carbocycles. The molecule has 70 valence electrons. The first-order chi connectivity index (χ1) is 5.68. The first-order valence-electron chi connectivity index (χ1n) is 5.47. The van der Waals surface area contributed by atoms with Crippen molar-refractivity contribution in [2.24, 2.45) is 23.5 Å². The van der Waals surface area contributed by atoms with Gasteiger partial charge in [-0.2, -0.15) is 0 Å². The van der Waals surface area contributed by atoms with Crippen molar-refractivity contribution in [3.63, 3.8) is 0 Å². The van der Waals surface area contributed by atoms with Gasteiger partial charge in [0.05, 0.1) is 0 Å². The molecule has 0 saturated heterocycles. The first kappa shape index (κ1) is 8.55. The minimum Gasteiger partial charge on any atom is -0.325 e. The average Bonchev–Trinajstić information content (AvgIpc) is 2.50. The van der Waals surface area contributed by atoms with Crippen molar-refractivity contribution in [1.82, 2.24) is 0 Å². The van der Waals surface area contributed by atoms with Crippen molar-refractivity contribution in [2.45, 2.75) is 51.5 Å². The number of nitrogens with two attached hydrogens (primary N) is 1. The standard InChI is InChI=1S/C11H21N/c1-3-9-7-11(9,12)10-6-4-5-8(10)2/h8-10H,3-7,12H2,1-2H3. The summed E-state index contributed by atoms with van der Waals surface area (Å²) in [6, 6.07) is 0. The van der Waals surface area contributed by atoms with E-state index in [2.05, 4.69) is 13.8 Å². The normalized spacial score (nSPS) is 52.8. The summed E-state index contributed by atoms with van der Waals surface area (Å²) in [4.78, 5) is 0. The van der Waals surface area contributed by atoms with Crippen LogP contribution in [0.1, 0.15) is 46.0 Å². The Morgan fingerprint density at radius 3 is 2.58 bits per heavy atom. The third-order valence-electron chi connectivity index (χ3n) is 4.24. The topological polar surface area (TPSA) is 26.0 Å². The van der Waals surface area contributed by atoms with E-state index in [0.717, 1.165) is 17.8 Å². The van der Waals surface area contributed by atoms with Gasteiger partial charge in [0.1, 0.15) is 0 Å². The lowest BCUT2D eigenvalue weighted by Gasteiger charge is -2.24. The average molecular weight is 167 g/mol. The number of rotatable bonds is 2. The van der Waals surface area contributed by atoms with Gasteiger partial charge in [0, 0.05) is 5.54 Å². The maximum absolute atomic E-state index is 6.40. The van der Waals surface area contributed by atoms with Crippen molar-refractivity contribution in [2.75, 3.05) is 0 Å². The molecule has 0 spiro atoms. The van der Waals surface area contributed by atoms with E-state index in [1.807, 2.05) is 0 Å². The highest BCUT2D eigenvalue weighted by molar-refractivity contribution is 5.12. The highest BCUT2D eigenvalue weighted by Gasteiger charge is 2.56. The van der Waals surface area contributed by atoms with Crippen LogP contribution in [0.4, 0.5) is 0 Å². The van der Waals surface area contributed by atoms with Crippen LogP contribution in [-0.4, -0.2) is 5.54 Å². The molecule has 4 atom stereocenters. The smallest absolute Gasteiger partial charge is 0.0217 e. The van der Waals surface area contributed by atoms with E-state index < -0.39 is 0 Å². The monoisotopic (exact) mass is 167 g/mol. The molecule has 0 aromatic rings. The molecule has 2 rings (SSSR count). The van der Waals surface area contributed by atoms with Crippen molar-refractivity contribution >= 4 is 0 Å². The summed E-state index contributed by atoms with van der Waals surface area (Å²) in [5.74, 6) is 2.59. The third kappa shape index (κ3) is 1.10. The van der Waals surface area contributed by atoms with Gasteiger partial charge in [-0.15, -0.1) is 0 Å². The van der Waals surface area contributed by atoms with Gasteiger partial charge >= 0.3 is 0 Å². The minimum absolute atomic E-state index is 0.269. The summed E-state index contributed by atoms with van der Waals surface area (Å²) >= 11 is 0. The van der Waals surface area contributed by atoms with Crippen LogP contribution in [0.25, 0.3) is 0 Å². The van der Waals surface area contributed by atoms with E-state index in [-0.39, 0.29) is 5.54 Å². The second-order valence-electron chi connectivity index (χ2n) is 4.94. The Labute approximate surface area is 75.7 Å². The predicted octanol–water partition coefficient (Wildman–Crippen LogP) is 2.55. The van der Waals surface area contributed by atoms with Gasteiger partial charge in [0.25, 0.3) is 0 Å². The predicted molar refractivity (Wildman–Crippen MR) is 51.8 cm³/mol. The van der Waals surface area contributed by atoms with Crippen molar-refractivity contribution in [3.05, 3.63) is 0 Å². The molecule has 2 N–H and O–H groups in total. The van der Waals surface area contributed by atoms with Gasteiger partial charge < -0.3 is 5.73 Å². The lowest BCUT2D eigenvalue weighted by atomic mass is 9.87. The van der Waals surface area contributed by atoms with Crippen molar-refractivity contribution in [1.29, 1.82) is 0 Å². The van der Waals surface area contributed by atoms with Crippen LogP contribution < -0.4 is 5.73 Å². The minimum atomic E-state index is 0.269. The van der Waals surface area contributed by atoms with Crippen molar-refractivity contribution < 1.29 is 0 Å². The Balaban J connectivity index is 2.01. The van der Waals surface area contributed by atoms with E-state index in [9.17, 15) is 0 Å². The molecule has 4 unspecified atom stereocenters. The SMILES string of the molecule is CCC1CC1(N)C1CCCC1C. The second kappa shape index (κ2) is 2.73. The van der Waals surface area contributed by atoms with Gasteiger partial charge in [-0.3, -0.25) is 0 Å². The zero-order chi connectivity index (χ0) is 8.77. The molecule has 2 aliphatic carbocycles. The van der Waals surface area contributed by atoms with Crippen LogP contribution in [0.5, 0.6) is 0 Å². The lowest BCUT2D eigenvalue weighted by Crippen LogP contribution is -2.36. The molecule has 1 nitrogen and oxygen atoms in total. The summed E-state index contributed by atoms with van der Waals surface area (Å²) < 4.78 is 0. The molecule has 0 heterocycles. The van der Waals surface area contributed by atoms with Gasteiger partial charge in [0.15, 0.2) is 0 Å². The molecule has 0 aliphatic heterocycles. The lowest BCUT2D eigenvalue weighted by molar-refractivity contribution is 0.308. The Morgan fingerprint density at radius 1 is 1.42 bits per heavy atom. The largest absolute Gasteiger partial charge is 0.325 e. The van der Waals surface area contributed by atoms with Crippen molar-refractivity contribution in [3.8, 4) is 0 Å². The summed E-state index contributed by atoms with van der Waals surface area (Å²) in [6.07, 6.45) is 6.83. The molecular weight excluding hydrogens is 146 g/mol. The fourth-order valence-electron chi connectivity index (χ4n) is 3.29. The van der Waals surface area contributed by atoms with E-state index in [1.54, 1.807) is 0 Å². The van der Waals surface area contributed by atoms with Crippen LogP contribution >= 0.6 is 0 Å².